The van der Waals surface area contributed by atoms with Crippen LogP contribution in [-0.4, -0.2) is 5.11 Å². The monoisotopic (exact) mass is 230 g/mol. The van der Waals surface area contributed by atoms with Crippen LogP contribution in [0.5, 0.6) is 0 Å². The van der Waals surface area contributed by atoms with Gasteiger partial charge in [-0.25, -0.2) is 0 Å². The van der Waals surface area contributed by atoms with Crippen LogP contribution in [0.25, 0.3) is 0 Å². The van der Waals surface area contributed by atoms with Gasteiger partial charge in [0.25, 0.3) is 0 Å². The Kier molecular flexibility index (Phi) is 3.12. The van der Waals surface area contributed by atoms with Crippen molar-refractivity contribution < 1.29 is 9.52 Å². The van der Waals surface area contributed by atoms with Crippen LogP contribution in [0, 0.1) is 0 Å². The van der Waals surface area contributed by atoms with Gasteiger partial charge in [-0.2, -0.15) is 0 Å². The van der Waals surface area contributed by atoms with Crippen molar-refractivity contribution in [3.63, 3.8) is 0 Å². The molecule has 1 unspecified atom stereocenters. The van der Waals surface area contributed by atoms with Crippen LogP contribution in [-0.2, 0) is 0 Å². The molecule has 1 N–H and O–H groups in total. The molecule has 1 heterocycles. The molecule has 1 aromatic heterocycles. The van der Waals surface area contributed by atoms with Crippen LogP contribution in [0.3, 0.4) is 0 Å². The topological polar surface area (TPSA) is 33.4 Å². The molecule has 0 bridgehead atoms. The van der Waals surface area contributed by atoms with E-state index in [4.69, 9.17) is 4.42 Å². The summed E-state index contributed by atoms with van der Waals surface area (Å²) in [5.41, 5.74) is 1.85. The molecule has 0 fully saturated rings. The number of rotatable bonds is 2. The molecule has 12 heavy (non-hydrogen) atoms. The highest BCUT2D eigenvalue weighted by Crippen LogP contribution is 2.21. The Balaban J connectivity index is 2.78. The first-order chi connectivity index (χ1) is 5.59. The maximum atomic E-state index is 9.55. The quantitative estimate of drug-likeness (QED) is 0.793. The highest BCUT2D eigenvalue weighted by molar-refractivity contribution is 9.10. The van der Waals surface area contributed by atoms with Crippen molar-refractivity contribution in [3.8, 4) is 0 Å². The average Bonchev–Trinajstić information content (AvgIpc) is 2.34. The van der Waals surface area contributed by atoms with Gasteiger partial charge < -0.3 is 9.52 Å². The number of hydrogen-bond acceptors (Lipinski definition) is 2. The second-order valence-electron chi connectivity index (χ2n) is 2.87. The summed E-state index contributed by atoms with van der Waals surface area (Å²) in [6.45, 7) is 3.89. The highest BCUT2D eigenvalue weighted by Gasteiger charge is 2.06. The van der Waals surface area contributed by atoms with Gasteiger partial charge in [-0.1, -0.05) is 11.6 Å². The predicted molar refractivity (Wildman–Crippen MR) is 50.8 cm³/mol. The predicted octanol–water partition coefficient (Wildman–Crippen LogP) is 3.04. The number of hydrogen-bond donors (Lipinski definition) is 1. The Labute approximate surface area is 80.0 Å². The summed E-state index contributed by atoms with van der Waals surface area (Å²) in [6, 6.07) is 1.75. The fraction of sp³-hybridized carbons (Fsp3) is 0.333. The molecule has 0 aliphatic carbocycles. The van der Waals surface area contributed by atoms with Crippen molar-refractivity contribution in [1.29, 1.82) is 0 Å². The lowest BCUT2D eigenvalue weighted by molar-refractivity contribution is 0.226. The Hall–Kier alpha value is -0.540. The zero-order valence-corrected chi connectivity index (χ0v) is 8.63. The smallest absolute Gasteiger partial charge is 0.169 e. The molecule has 0 radical (unpaired) electrons. The standard InChI is InChI=1S/C9H11BrO2/c1-6(2)3-8(11)7-4-9(10)12-5-7/h3-5,8,11H,1-2H3. The normalized spacial score (nSPS) is 12.7. The van der Waals surface area contributed by atoms with Crippen molar-refractivity contribution in [2.75, 3.05) is 0 Å². The van der Waals surface area contributed by atoms with E-state index in [-0.39, 0.29) is 0 Å². The summed E-state index contributed by atoms with van der Waals surface area (Å²) in [5.74, 6) is 0. The van der Waals surface area contributed by atoms with E-state index in [9.17, 15) is 5.11 Å². The van der Waals surface area contributed by atoms with Gasteiger partial charge in [-0.3, -0.25) is 0 Å². The first-order valence-corrected chi connectivity index (χ1v) is 4.46. The van der Waals surface area contributed by atoms with Crippen molar-refractivity contribution in [1.82, 2.24) is 0 Å². The summed E-state index contributed by atoms with van der Waals surface area (Å²) in [6.07, 6.45) is 2.75. The molecule has 1 rings (SSSR count). The number of allylic oxidation sites excluding steroid dienone is 1. The average molecular weight is 231 g/mol. The first kappa shape index (κ1) is 9.55. The second-order valence-corrected chi connectivity index (χ2v) is 3.65. The summed E-state index contributed by atoms with van der Waals surface area (Å²) in [7, 11) is 0. The van der Waals surface area contributed by atoms with Crippen LogP contribution in [0.2, 0.25) is 0 Å². The van der Waals surface area contributed by atoms with Gasteiger partial charge >= 0.3 is 0 Å². The molecule has 0 aliphatic rings. The molecule has 0 saturated carbocycles. The Morgan fingerprint density at radius 2 is 2.33 bits per heavy atom. The van der Waals surface area contributed by atoms with Crippen LogP contribution >= 0.6 is 15.9 Å². The molecule has 0 saturated heterocycles. The van der Waals surface area contributed by atoms with E-state index >= 15 is 0 Å². The molecule has 1 aromatic rings. The van der Waals surface area contributed by atoms with Crippen LogP contribution in [0.4, 0.5) is 0 Å². The fourth-order valence-electron chi connectivity index (χ4n) is 0.890. The molecular weight excluding hydrogens is 220 g/mol. The van der Waals surface area contributed by atoms with Gasteiger partial charge in [-0.05, 0) is 35.8 Å². The molecule has 66 valence electrons. The van der Waals surface area contributed by atoms with Gasteiger partial charge in [0.1, 0.15) is 6.10 Å². The second kappa shape index (κ2) is 3.92. The number of furan rings is 1. The van der Waals surface area contributed by atoms with E-state index in [1.54, 1.807) is 12.1 Å². The maximum Gasteiger partial charge on any atom is 0.169 e. The zero-order chi connectivity index (χ0) is 9.14. The third-order valence-corrected chi connectivity index (χ3v) is 1.84. The molecule has 0 spiro atoms. The largest absolute Gasteiger partial charge is 0.457 e. The van der Waals surface area contributed by atoms with Crippen molar-refractivity contribution in [3.05, 3.63) is 34.2 Å². The minimum Gasteiger partial charge on any atom is -0.457 e. The van der Waals surface area contributed by atoms with Crippen LogP contribution in [0.1, 0.15) is 25.5 Å². The number of halogens is 1. The molecule has 0 aromatic carbocycles. The van der Waals surface area contributed by atoms with E-state index in [0.29, 0.717) is 4.67 Å². The van der Waals surface area contributed by atoms with Gasteiger partial charge in [0.15, 0.2) is 4.67 Å². The highest BCUT2D eigenvalue weighted by atomic mass is 79.9. The van der Waals surface area contributed by atoms with Crippen LogP contribution in [0.15, 0.2) is 33.1 Å². The number of aliphatic hydroxyl groups excluding tert-OH is 1. The zero-order valence-electron chi connectivity index (χ0n) is 7.04. The Morgan fingerprint density at radius 1 is 1.67 bits per heavy atom. The lowest BCUT2D eigenvalue weighted by atomic mass is 10.1. The maximum absolute atomic E-state index is 9.55. The van der Waals surface area contributed by atoms with Crippen molar-refractivity contribution in [2.24, 2.45) is 0 Å². The molecule has 1 atom stereocenters. The molecule has 3 heteroatoms. The third-order valence-electron chi connectivity index (χ3n) is 1.42. The van der Waals surface area contributed by atoms with Gasteiger partial charge in [-0.15, -0.1) is 0 Å². The van der Waals surface area contributed by atoms with Gasteiger partial charge in [0, 0.05) is 5.56 Å². The van der Waals surface area contributed by atoms with E-state index in [2.05, 4.69) is 15.9 Å². The van der Waals surface area contributed by atoms with Crippen LogP contribution < -0.4 is 0 Å². The SMILES string of the molecule is CC(C)=CC(O)c1coc(Br)c1. The Morgan fingerprint density at radius 3 is 2.75 bits per heavy atom. The van der Waals surface area contributed by atoms with Gasteiger partial charge in [0.05, 0.1) is 6.26 Å². The van der Waals surface area contributed by atoms with E-state index in [0.717, 1.165) is 11.1 Å². The molecule has 0 aliphatic heterocycles. The van der Waals surface area contributed by atoms with Crippen molar-refractivity contribution in [2.45, 2.75) is 20.0 Å². The lowest BCUT2D eigenvalue weighted by Gasteiger charge is -2.01. The minimum absolute atomic E-state index is 0.565. The van der Waals surface area contributed by atoms with E-state index < -0.39 is 6.10 Å². The summed E-state index contributed by atoms with van der Waals surface area (Å²) in [4.78, 5) is 0. The number of aliphatic hydroxyl groups is 1. The third kappa shape index (κ3) is 2.50. The molecular formula is C9H11BrO2. The van der Waals surface area contributed by atoms with Gasteiger partial charge in [0.2, 0.25) is 0 Å². The summed E-state index contributed by atoms with van der Waals surface area (Å²) >= 11 is 3.17. The van der Waals surface area contributed by atoms with E-state index in [1.165, 1.54) is 6.26 Å². The summed E-state index contributed by atoms with van der Waals surface area (Å²) in [5, 5.41) is 9.55. The fourth-order valence-corrected chi connectivity index (χ4v) is 1.25. The summed E-state index contributed by atoms with van der Waals surface area (Å²) < 4.78 is 5.63. The minimum atomic E-state index is -0.565. The molecule has 0 amide bonds. The Bertz CT molecular complexity index is 284. The molecule has 2 nitrogen and oxygen atoms in total. The lowest BCUT2D eigenvalue weighted by Crippen LogP contribution is -1.90. The first-order valence-electron chi connectivity index (χ1n) is 3.66. The van der Waals surface area contributed by atoms with E-state index in [1.807, 2.05) is 13.8 Å². The van der Waals surface area contributed by atoms with Crippen molar-refractivity contribution >= 4 is 15.9 Å².